The minimum absolute atomic E-state index is 0.571. The summed E-state index contributed by atoms with van der Waals surface area (Å²) >= 11 is 5.80. The van der Waals surface area contributed by atoms with E-state index in [2.05, 4.69) is 24.4 Å². The zero-order chi connectivity index (χ0) is 9.68. The van der Waals surface area contributed by atoms with Crippen LogP contribution in [0.5, 0.6) is 0 Å². The smallest absolute Gasteiger partial charge is 0.0406 e. The second-order valence-electron chi connectivity index (χ2n) is 3.22. The molecule has 1 aromatic rings. The lowest BCUT2D eigenvalue weighted by Crippen LogP contribution is -2.26. The minimum atomic E-state index is 0.571. The summed E-state index contributed by atoms with van der Waals surface area (Å²) < 4.78 is 0. The molecule has 0 amide bonds. The first kappa shape index (κ1) is 10.6. The summed E-state index contributed by atoms with van der Waals surface area (Å²) in [6.07, 6.45) is 2.23. The van der Waals surface area contributed by atoms with Gasteiger partial charge < -0.3 is 5.32 Å². The highest BCUT2D eigenvalue weighted by Gasteiger charge is 2.03. The number of hydrogen-bond donors (Lipinski definition) is 1. The van der Waals surface area contributed by atoms with Crippen LogP contribution in [-0.2, 0) is 6.42 Å². The number of halogens is 1. The van der Waals surface area contributed by atoms with E-state index in [4.69, 9.17) is 11.6 Å². The molecular weight excluding hydrogens is 182 g/mol. The first-order valence-electron chi connectivity index (χ1n) is 4.68. The van der Waals surface area contributed by atoms with Crippen LogP contribution in [0.3, 0.4) is 0 Å². The molecule has 0 aliphatic heterocycles. The Morgan fingerprint density at radius 2 is 1.92 bits per heavy atom. The van der Waals surface area contributed by atoms with E-state index in [1.807, 2.05) is 19.2 Å². The van der Waals surface area contributed by atoms with Crippen LogP contribution in [0, 0.1) is 0 Å². The van der Waals surface area contributed by atoms with E-state index in [0.29, 0.717) is 6.04 Å². The molecule has 1 atom stereocenters. The lowest BCUT2D eigenvalue weighted by atomic mass is 10.0. The summed E-state index contributed by atoms with van der Waals surface area (Å²) in [5.41, 5.74) is 1.34. The van der Waals surface area contributed by atoms with Gasteiger partial charge in [-0.15, -0.1) is 0 Å². The Labute approximate surface area is 85.1 Å². The predicted octanol–water partition coefficient (Wildman–Crippen LogP) is 2.88. The van der Waals surface area contributed by atoms with Gasteiger partial charge in [0, 0.05) is 11.1 Å². The van der Waals surface area contributed by atoms with Crippen molar-refractivity contribution in [3.8, 4) is 0 Å². The fraction of sp³-hybridized carbons (Fsp3) is 0.455. The maximum Gasteiger partial charge on any atom is 0.0406 e. The third-order valence-electron chi connectivity index (χ3n) is 2.30. The number of likely N-dealkylation sites (N-methyl/N-ethyl adjacent to an activating group) is 1. The normalized spacial score (nSPS) is 12.8. The Balaban J connectivity index is 2.58. The number of hydrogen-bond acceptors (Lipinski definition) is 1. The average Bonchev–Trinajstić information content (AvgIpc) is 2.17. The van der Waals surface area contributed by atoms with Crippen molar-refractivity contribution in [2.24, 2.45) is 0 Å². The van der Waals surface area contributed by atoms with Gasteiger partial charge in [0.15, 0.2) is 0 Å². The third kappa shape index (κ3) is 3.37. The quantitative estimate of drug-likeness (QED) is 0.783. The molecule has 1 nitrogen and oxygen atoms in total. The largest absolute Gasteiger partial charge is 0.317 e. The average molecular weight is 198 g/mol. The number of benzene rings is 1. The summed E-state index contributed by atoms with van der Waals surface area (Å²) in [6.45, 7) is 2.19. The Morgan fingerprint density at radius 3 is 2.38 bits per heavy atom. The molecule has 1 rings (SSSR count). The first-order valence-corrected chi connectivity index (χ1v) is 5.05. The van der Waals surface area contributed by atoms with Crippen LogP contribution in [0.25, 0.3) is 0 Å². The van der Waals surface area contributed by atoms with Crippen molar-refractivity contribution < 1.29 is 0 Å². The highest BCUT2D eigenvalue weighted by atomic mass is 35.5. The molecule has 0 fully saturated rings. The summed E-state index contributed by atoms with van der Waals surface area (Å²) in [5, 5.41) is 4.09. The molecule has 72 valence electrons. The molecule has 0 aliphatic carbocycles. The monoisotopic (exact) mass is 197 g/mol. The van der Waals surface area contributed by atoms with Crippen LogP contribution in [-0.4, -0.2) is 13.1 Å². The second kappa shape index (κ2) is 5.25. The molecule has 0 bridgehead atoms. The fourth-order valence-corrected chi connectivity index (χ4v) is 1.48. The van der Waals surface area contributed by atoms with Crippen molar-refractivity contribution in [1.82, 2.24) is 5.32 Å². The van der Waals surface area contributed by atoms with Crippen molar-refractivity contribution in [3.63, 3.8) is 0 Å². The van der Waals surface area contributed by atoms with Gasteiger partial charge in [-0.05, 0) is 37.6 Å². The van der Waals surface area contributed by atoms with E-state index >= 15 is 0 Å². The van der Waals surface area contributed by atoms with Crippen LogP contribution in [0.2, 0.25) is 5.02 Å². The lowest BCUT2D eigenvalue weighted by Gasteiger charge is -2.13. The fourth-order valence-electron chi connectivity index (χ4n) is 1.36. The van der Waals surface area contributed by atoms with Gasteiger partial charge in [0.1, 0.15) is 0 Å². The number of nitrogens with one attached hydrogen (secondary N) is 1. The molecule has 13 heavy (non-hydrogen) atoms. The highest BCUT2D eigenvalue weighted by molar-refractivity contribution is 6.30. The lowest BCUT2D eigenvalue weighted by molar-refractivity contribution is 0.543. The van der Waals surface area contributed by atoms with Gasteiger partial charge in [0.25, 0.3) is 0 Å². The van der Waals surface area contributed by atoms with Crippen LogP contribution >= 0.6 is 11.6 Å². The molecule has 0 aliphatic rings. The van der Waals surface area contributed by atoms with E-state index in [0.717, 1.165) is 17.9 Å². The molecule has 2 heteroatoms. The van der Waals surface area contributed by atoms with Gasteiger partial charge in [-0.25, -0.2) is 0 Å². The van der Waals surface area contributed by atoms with Crippen LogP contribution in [0.15, 0.2) is 24.3 Å². The summed E-state index contributed by atoms with van der Waals surface area (Å²) in [7, 11) is 2.00. The molecule has 0 radical (unpaired) electrons. The summed E-state index contributed by atoms with van der Waals surface area (Å²) in [6, 6.07) is 8.63. The Bertz CT molecular complexity index is 239. The van der Waals surface area contributed by atoms with Crippen LogP contribution < -0.4 is 5.32 Å². The second-order valence-corrected chi connectivity index (χ2v) is 3.66. The van der Waals surface area contributed by atoms with Gasteiger partial charge in [0.05, 0.1) is 0 Å². The molecule has 1 N–H and O–H groups in total. The maximum absolute atomic E-state index is 5.80. The Kier molecular flexibility index (Phi) is 4.26. The van der Waals surface area contributed by atoms with E-state index in [9.17, 15) is 0 Å². The molecule has 0 spiro atoms. The predicted molar refractivity (Wildman–Crippen MR) is 58.3 cm³/mol. The zero-order valence-corrected chi connectivity index (χ0v) is 8.93. The van der Waals surface area contributed by atoms with Crippen molar-refractivity contribution in [1.29, 1.82) is 0 Å². The minimum Gasteiger partial charge on any atom is -0.317 e. The first-order chi connectivity index (χ1) is 6.26. The van der Waals surface area contributed by atoms with Gasteiger partial charge in [0.2, 0.25) is 0 Å². The van der Waals surface area contributed by atoms with E-state index in [1.165, 1.54) is 5.56 Å². The van der Waals surface area contributed by atoms with E-state index in [1.54, 1.807) is 0 Å². The molecule has 1 unspecified atom stereocenters. The van der Waals surface area contributed by atoms with Crippen molar-refractivity contribution in [3.05, 3.63) is 34.9 Å². The molecule has 0 saturated heterocycles. The van der Waals surface area contributed by atoms with Crippen LogP contribution in [0.4, 0.5) is 0 Å². The highest BCUT2D eigenvalue weighted by Crippen LogP contribution is 2.11. The molecule has 0 heterocycles. The summed E-state index contributed by atoms with van der Waals surface area (Å²) in [4.78, 5) is 0. The van der Waals surface area contributed by atoms with Crippen LogP contribution in [0.1, 0.15) is 18.9 Å². The zero-order valence-electron chi connectivity index (χ0n) is 8.18. The van der Waals surface area contributed by atoms with Crippen molar-refractivity contribution in [2.75, 3.05) is 7.05 Å². The third-order valence-corrected chi connectivity index (χ3v) is 2.55. The standard InChI is InChI=1S/C11H16ClN/c1-3-11(13-2)8-9-4-6-10(12)7-5-9/h4-7,11,13H,3,8H2,1-2H3. The van der Waals surface area contributed by atoms with Gasteiger partial charge in [-0.3, -0.25) is 0 Å². The summed E-state index contributed by atoms with van der Waals surface area (Å²) in [5.74, 6) is 0. The topological polar surface area (TPSA) is 12.0 Å². The van der Waals surface area contributed by atoms with Crippen molar-refractivity contribution in [2.45, 2.75) is 25.8 Å². The Hall–Kier alpha value is -0.530. The molecular formula is C11H16ClN. The van der Waals surface area contributed by atoms with Gasteiger partial charge >= 0.3 is 0 Å². The van der Waals surface area contributed by atoms with Gasteiger partial charge in [-0.1, -0.05) is 30.7 Å². The number of rotatable bonds is 4. The Morgan fingerprint density at radius 1 is 1.31 bits per heavy atom. The van der Waals surface area contributed by atoms with E-state index < -0.39 is 0 Å². The maximum atomic E-state index is 5.80. The van der Waals surface area contributed by atoms with E-state index in [-0.39, 0.29) is 0 Å². The van der Waals surface area contributed by atoms with Crippen molar-refractivity contribution >= 4 is 11.6 Å². The SMILES string of the molecule is CCC(Cc1ccc(Cl)cc1)NC. The van der Waals surface area contributed by atoms with Gasteiger partial charge in [-0.2, -0.15) is 0 Å². The molecule has 0 aromatic heterocycles. The molecule has 0 saturated carbocycles. The molecule has 1 aromatic carbocycles.